The average Bonchev–Trinajstić information content (AvgIpc) is 2.46. The minimum atomic E-state index is -0.510. The van der Waals surface area contributed by atoms with Gasteiger partial charge in [0.05, 0.1) is 12.1 Å². The van der Waals surface area contributed by atoms with Gasteiger partial charge in [-0.2, -0.15) is 0 Å². The highest BCUT2D eigenvalue weighted by molar-refractivity contribution is 5.68. The number of carbonyl (C=O) groups is 1. The topological polar surface area (TPSA) is 53.0 Å². The molecule has 0 bridgehead atoms. The van der Waals surface area contributed by atoms with Gasteiger partial charge >= 0.3 is 6.09 Å². The highest BCUT2D eigenvalue weighted by Gasteiger charge is 2.34. The Labute approximate surface area is 138 Å². The molecule has 1 amide bonds. The maximum Gasteiger partial charge on any atom is 0.410 e. The van der Waals surface area contributed by atoms with Crippen molar-refractivity contribution in [3.05, 3.63) is 35.9 Å². The van der Waals surface area contributed by atoms with Crippen molar-refractivity contribution in [2.45, 2.75) is 52.0 Å². The fourth-order valence-corrected chi connectivity index (χ4v) is 2.81. The molecule has 1 aliphatic rings. The van der Waals surface area contributed by atoms with Gasteiger partial charge in [0.1, 0.15) is 5.60 Å². The van der Waals surface area contributed by atoms with E-state index in [2.05, 4.69) is 17.0 Å². The van der Waals surface area contributed by atoms with E-state index in [9.17, 15) is 9.90 Å². The van der Waals surface area contributed by atoms with Crippen LogP contribution >= 0.6 is 0 Å². The van der Waals surface area contributed by atoms with E-state index < -0.39 is 11.7 Å². The summed E-state index contributed by atoms with van der Waals surface area (Å²) >= 11 is 0. The second-order valence-electron chi connectivity index (χ2n) is 7.19. The van der Waals surface area contributed by atoms with Crippen molar-refractivity contribution in [2.24, 2.45) is 0 Å². The largest absolute Gasteiger partial charge is 0.444 e. The molecule has 0 spiro atoms. The van der Waals surface area contributed by atoms with Gasteiger partial charge in [0.15, 0.2) is 0 Å². The first-order chi connectivity index (χ1) is 10.8. The van der Waals surface area contributed by atoms with Crippen molar-refractivity contribution in [2.75, 3.05) is 19.6 Å². The van der Waals surface area contributed by atoms with Crippen LogP contribution in [0.15, 0.2) is 30.3 Å². The molecule has 1 aromatic rings. The molecule has 23 heavy (non-hydrogen) atoms. The number of amides is 1. The number of nitrogens with zero attached hydrogens (tertiary/aromatic N) is 2. The normalized spacial score (nSPS) is 21.1. The number of ether oxygens (including phenoxy) is 1. The molecule has 0 aromatic heterocycles. The third-order valence-electron chi connectivity index (χ3n) is 3.97. The first kappa shape index (κ1) is 17.8. The van der Waals surface area contributed by atoms with E-state index in [1.165, 1.54) is 5.56 Å². The minimum Gasteiger partial charge on any atom is -0.444 e. The molecule has 5 nitrogen and oxygen atoms in total. The highest BCUT2D eigenvalue weighted by Crippen LogP contribution is 2.19. The molecular weight excluding hydrogens is 292 g/mol. The molecule has 1 heterocycles. The van der Waals surface area contributed by atoms with Crippen LogP contribution in [0.2, 0.25) is 0 Å². The standard InChI is InChI=1S/C18H28N2O3/c1-14(21)16-13-20(17(22)23-18(2,3)4)11-10-19(16)12-15-8-6-5-7-9-15/h5-9,14,16,21H,10-13H2,1-4H3. The van der Waals surface area contributed by atoms with E-state index in [1.54, 1.807) is 11.8 Å². The summed E-state index contributed by atoms with van der Waals surface area (Å²) in [6.07, 6.45) is -0.813. The fraction of sp³-hybridized carbons (Fsp3) is 0.611. The van der Waals surface area contributed by atoms with Crippen molar-refractivity contribution in [3.63, 3.8) is 0 Å². The summed E-state index contributed by atoms with van der Waals surface area (Å²) in [6, 6.07) is 10.1. The van der Waals surface area contributed by atoms with Crippen molar-refractivity contribution >= 4 is 6.09 Å². The summed E-state index contributed by atoms with van der Waals surface area (Å²) in [5.74, 6) is 0. The van der Waals surface area contributed by atoms with Crippen LogP contribution in [-0.2, 0) is 11.3 Å². The molecule has 5 heteroatoms. The monoisotopic (exact) mass is 320 g/mol. The smallest absolute Gasteiger partial charge is 0.410 e. The van der Waals surface area contributed by atoms with E-state index in [-0.39, 0.29) is 12.1 Å². The molecule has 1 saturated heterocycles. The summed E-state index contributed by atoms with van der Waals surface area (Å²) < 4.78 is 5.45. The number of rotatable bonds is 3. The van der Waals surface area contributed by atoms with E-state index in [1.807, 2.05) is 39.0 Å². The van der Waals surface area contributed by atoms with Crippen LogP contribution in [0.25, 0.3) is 0 Å². The second kappa shape index (κ2) is 7.32. The number of hydrogen-bond donors (Lipinski definition) is 1. The zero-order valence-corrected chi connectivity index (χ0v) is 14.5. The second-order valence-corrected chi connectivity index (χ2v) is 7.19. The van der Waals surface area contributed by atoms with Gasteiger partial charge in [-0.25, -0.2) is 4.79 Å². The Morgan fingerprint density at radius 3 is 2.52 bits per heavy atom. The van der Waals surface area contributed by atoms with Gasteiger partial charge in [-0.1, -0.05) is 30.3 Å². The molecule has 1 fully saturated rings. The molecule has 1 aliphatic heterocycles. The maximum absolute atomic E-state index is 12.3. The SMILES string of the molecule is CC(O)C1CN(C(=O)OC(C)(C)C)CCN1Cc1ccccc1. The fourth-order valence-electron chi connectivity index (χ4n) is 2.81. The lowest BCUT2D eigenvalue weighted by molar-refractivity contribution is -0.0226. The Hall–Kier alpha value is -1.59. The van der Waals surface area contributed by atoms with Crippen LogP contribution in [0.5, 0.6) is 0 Å². The predicted octanol–water partition coefficient (Wildman–Crippen LogP) is 2.49. The molecule has 1 N–H and O–H groups in total. The lowest BCUT2D eigenvalue weighted by Crippen LogP contribution is -2.58. The van der Waals surface area contributed by atoms with Gasteiger partial charge in [0.25, 0.3) is 0 Å². The molecule has 2 rings (SSSR count). The Kier molecular flexibility index (Phi) is 5.65. The quantitative estimate of drug-likeness (QED) is 0.930. The third-order valence-corrected chi connectivity index (χ3v) is 3.97. The van der Waals surface area contributed by atoms with Crippen LogP contribution < -0.4 is 0 Å². The lowest BCUT2D eigenvalue weighted by atomic mass is 10.1. The number of hydrogen-bond acceptors (Lipinski definition) is 4. The van der Waals surface area contributed by atoms with Gasteiger partial charge in [0.2, 0.25) is 0 Å². The van der Waals surface area contributed by atoms with E-state index in [0.717, 1.165) is 13.1 Å². The van der Waals surface area contributed by atoms with Gasteiger partial charge in [-0.3, -0.25) is 4.90 Å². The number of aliphatic hydroxyl groups is 1. The summed E-state index contributed by atoms with van der Waals surface area (Å²) in [4.78, 5) is 16.2. The molecule has 1 aromatic carbocycles. The number of benzene rings is 1. The van der Waals surface area contributed by atoms with Crippen LogP contribution in [0.1, 0.15) is 33.3 Å². The summed E-state index contributed by atoms with van der Waals surface area (Å²) in [6.45, 7) is 9.97. The molecule has 0 radical (unpaired) electrons. The third kappa shape index (κ3) is 5.22. The average molecular weight is 320 g/mol. The van der Waals surface area contributed by atoms with E-state index in [0.29, 0.717) is 13.1 Å². The molecule has 2 unspecified atom stereocenters. The van der Waals surface area contributed by atoms with Gasteiger partial charge in [-0.05, 0) is 33.3 Å². The summed E-state index contributed by atoms with van der Waals surface area (Å²) in [5.41, 5.74) is 0.711. The highest BCUT2D eigenvalue weighted by atomic mass is 16.6. The van der Waals surface area contributed by atoms with Crippen LogP contribution in [-0.4, -0.2) is 58.4 Å². The predicted molar refractivity (Wildman–Crippen MR) is 90.1 cm³/mol. The molecule has 128 valence electrons. The van der Waals surface area contributed by atoms with Gasteiger partial charge in [0, 0.05) is 26.2 Å². The van der Waals surface area contributed by atoms with Crippen molar-refractivity contribution in [1.82, 2.24) is 9.80 Å². The maximum atomic E-state index is 12.3. The molecule has 0 saturated carbocycles. The van der Waals surface area contributed by atoms with E-state index >= 15 is 0 Å². The van der Waals surface area contributed by atoms with Gasteiger partial charge in [-0.15, -0.1) is 0 Å². The Balaban J connectivity index is 2.02. The Morgan fingerprint density at radius 2 is 1.96 bits per heavy atom. The molecule has 2 atom stereocenters. The van der Waals surface area contributed by atoms with Crippen LogP contribution in [0.4, 0.5) is 4.79 Å². The Morgan fingerprint density at radius 1 is 1.30 bits per heavy atom. The number of aliphatic hydroxyl groups excluding tert-OH is 1. The van der Waals surface area contributed by atoms with Crippen molar-refractivity contribution < 1.29 is 14.6 Å². The first-order valence-corrected chi connectivity index (χ1v) is 8.20. The van der Waals surface area contributed by atoms with E-state index in [4.69, 9.17) is 4.74 Å². The van der Waals surface area contributed by atoms with Gasteiger partial charge < -0.3 is 14.7 Å². The Bertz CT molecular complexity index is 511. The number of carbonyl (C=O) groups excluding carboxylic acids is 1. The number of piperazine rings is 1. The van der Waals surface area contributed by atoms with Crippen LogP contribution in [0.3, 0.4) is 0 Å². The zero-order chi connectivity index (χ0) is 17.0. The summed E-state index contributed by atoms with van der Waals surface area (Å²) in [7, 11) is 0. The van der Waals surface area contributed by atoms with Crippen molar-refractivity contribution in [3.8, 4) is 0 Å². The minimum absolute atomic E-state index is 0.0866. The lowest BCUT2D eigenvalue weighted by Gasteiger charge is -2.42. The molecule has 0 aliphatic carbocycles. The first-order valence-electron chi connectivity index (χ1n) is 8.20. The van der Waals surface area contributed by atoms with Crippen molar-refractivity contribution in [1.29, 1.82) is 0 Å². The molecular formula is C18H28N2O3. The summed E-state index contributed by atoms with van der Waals surface area (Å²) in [5, 5.41) is 10.1. The van der Waals surface area contributed by atoms with Crippen LogP contribution in [0, 0.1) is 0 Å². The zero-order valence-electron chi connectivity index (χ0n) is 14.5.